The minimum atomic E-state index is -0.512. The number of hydrogen-bond acceptors (Lipinski definition) is 4. The zero-order valence-corrected chi connectivity index (χ0v) is 14.0. The van der Waals surface area contributed by atoms with Crippen molar-refractivity contribution in [2.24, 2.45) is 0 Å². The number of hydrogen-bond donors (Lipinski definition) is 0. The first-order valence-electron chi connectivity index (χ1n) is 8.39. The van der Waals surface area contributed by atoms with Gasteiger partial charge in [-0.05, 0) is 29.2 Å². The van der Waals surface area contributed by atoms with Gasteiger partial charge in [0.05, 0.1) is 6.04 Å². The second kappa shape index (κ2) is 6.33. The lowest BCUT2D eigenvalue weighted by atomic mass is 9.98. The Balaban J connectivity index is 1.53. The third-order valence-electron chi connectivity index (χ3n) is 4.98. The van der Waals surface area contributed by atoms with Gasteiger partial charge >= 0.3 is 6.09 Å². The van der Waals surface area contributed by atoms with Crippen molar-refractivity contribution in [3.63, 3.8) is 0 Å². The molecule has 25 heavy (non-hydrogen) atoms. The van der Waals surface area contributed by atoms with E-state index < -0.39 is 12.1 Å². The van der Waals surface area contributed by atoms with Crippen molar-refractivity contribution >= 4 is 11.9 Å². The zero-order chi connectivity index (χ0) is 17.4. The molecular formula is C20H19NO4. The summed E-state index contributed by atoms with van der Waals surface area (Å²) in [4.78, 5) is 25.5. The standard InChI is InChI=1S/C20H19NO4/c1-13-19(22)11-24-12-21(13)20(23)25-10-18-16-8-4-2-6-14(16)15-7-3-5-9-17(15)18/h2-9,13,18H,10-12H2,1H3/t13-/m0/s1. The molecule has 2 aromatic rings. The molecule has 1 amide bonds. The Morgan fingerprint density at radius 2 is 1.72 bits per heavy atom. The van der Waals surface area contributed by atoms with Gasteiger partial charge in [0, 0.05) is 5.92 Å². The van der Waals surface area contributed by atoms with E-state index in [0.717, 1.165) is 11.1 Å². The zero-order valence-electron chi connectivity index (χ0n) is 14.0. The number of ketones is 1. The van der Waals surface area contributed by atoms with Crippen molar-refractivity contribution < 1.29 is 19.1 Å². The first kappa shape index (κ1) is 15.8. The summed E-state index contributed by atoms with van der Waals surface area (Å²) in [6, 6.07) is 15.9. The smallest absolute Gasteiger partial charge is 0.412 e. The Morgan fingerprint density at radius 3 is 2.36 bits per heavy atom. The second-order valence-electron chi connectivity index (χ2n) is 6.39. The lowest BCUT2D eigenvalue weighted by Gasteiger charge is -2.31. The molecule has 0 unspecified atom stereocenters. The highest BCUT2D eigenvalue weighted by Crippen LogP contribution is 2.44. The Morgan fingerprint density at radius 1 is 1.12 bits per heavy atom. The van der Waals surface area contributed by atoms with Crippen molar-refractivity contribution in [3.8, 4) is 11.1 Å². The van der Waals surface area contributed by atoms with Gasteiger partial charge in [-0.25, -0.2) is 4.79 Å². The maximum absolute atomic E-state index is 12.4. The second-order valence-corrected chi connectivity index (χ2v) is 6.39. The van der Waals surface area contributed by atoms with Gasteiger partial charge in [-0.3, -0.25) is 9.69 Å². The molecule has 0 N–H and O–H groups in total. The fourth-order valence-electron chi connectivity index (χ4n) is 3.54. The van der Waals surface area contributed by atoms with E-state index in [1.807, 2.05) is 24.3 Å². The molecule has 1 atom stereocenters. The molecule has 4 rings (SSSR count). The lowest BCUT2D eigenvalue weighted by Crippen LogP contribution is -2.50. The highest BCUT2D eigenvalue weighted by Gasteiger charge is 2.33. The molecule has 0 spiro atoms. The number of Topliss-reactive ketones (excluding diaryl/α,β-unsaturated/α-hetero) is 1. The van der Waals surface area contributed by atoms with Crippen LogP contribution < -0.4 is 0 Å². The van der Waals surface area contributed by atoms with E-state index in [2.05, 4.69) is 24.3 Å². The molecule has 0 aromatic heterocycles. The molecule has 1 saturated heterocycles. The Hall–Kier alpha value is -2.66. The van der Waals surface area contributed by atoms with Gasteiger partial charge in [0.1, 0.15) is 19.9 Å². The van der Waals surface area contributed by atoms with Crippen molar-refractivity contribution in [2.75, 3.05) is 19.9 Å². The molecule has 5 nitrogen and oxygen atoms in total. The van der Waals surface area contributed by atoms with Crippen LogP contribution in [0.4, 0.5) is 4.79 Å². The van der Waals surface area contributed by atoms with Crippen molar-refractivity contribution in [3.05, 3.63) is 59.7 Å². The summed E-state index contributed by atoms with van der Waals surface area (Å²) < 4.78 is 10.7. The Bertz CT molecular complexity index is 786. The third kappa shape index (κ3) is 2.70. The van der Waals surface area contributed by atoms with Crippen LogP contribution in [0.25, 0.3) is 11.1 Å². The average molecular weight is 337 g/mol. The van der Waals surface area contributed by atoms with E-state index in [4.69, 9.17) is 9.47 Å². The molecule has 1 aliphatic heterocycles. The highest BCUT2D eigenvalue weighted by molar-refractivity contribution is 5.88. The normalized spacial score (nSPS) is 19.5. The average Bonchev–Trinajstić information content (AvgIpc) is 2.96. The van der Waals surface area contributed by atoms with Crippen LogP contribution in [0.15, 0.2) is 48.5 Å². The van der Waals surface area contributed by atoms with Crippen LogP contribution in [-0.4, -0.2) is 42.8 Å². The first-order chi connectivity index (χ1) is 12.2. The molecule has 128 valence electrons. The quantitative estimate of drug-likeness (QED) is 0.844. The minimum Gasteiger partial charge on any atom is -0.448 e. The Kier molecular flexibility index (Phi) is 4.01. The van der Waals surface area contributed by atoms with Crippen molar-refractivity contribution in [2.45, 2.75) is 18.9 Å². The summed E-state index contributed by atoms with van der Waals surface area (Å²) in [6.45, 7) is 2.08. The summed E-state index contributed by atoms with van der Waals surface area (Å²) >= 11 is 0. The van der Waals surface area contributed by atoms with Gasteiger partial charge in [0.15, 0.2) is 5.78 Å². The predicted octanol–water partition coefficient (Wildman–Crippen LogP) is 3.18. The van der Waals surface area contributed by atoms with E-state index in [9.17, 15) is 9.59 Å². The molecule has 0 radical (unpaired) electrons. The highest BCUT2D eigenvalue weighted by atomic mass is 16.6. The van der Waals surface area contributed by atoms with Gasteiger partial charge in [-0.15, -0.1) is 0 Å². The van der Waals surface area contributed by atoms with Crippen LogP contribution >= 0.6 is 0 Å². The summed E-state index contributed by atoms with van der Waals surface area (Å²) in [5, 5.41) is 0. The summed E-state index contributed by atoms with van der Waals surface area (Å²) in [5.41, 5.74) is 4.69. The van der Waals surface area contributed by atoms with Crippen LogP contribution in [0.1, 0.15) is 24.0 Å². The third-order valence-corrected chi connectivity index (χ3v) is 4.98. The molecular weight excluding hydrogens is 318 g/mol. The maximum Gasteiger partial charge on any atom is 0.412 e. The number of ether oxygens (including phenoxy) is 2. The molecule has 1 aliphatic carbocycles. The number of carbonyl (C=O) groups excluding carboxylic acids is 2. The van der Waals surface area contributed by atoms with Gasteiger partial charge in [-0.1, -0.05) is 48.5 Å². The molecule has 0 bridgehead atoms. The largest absolute Gasteiger partial charge is 0.448 e. The fourth-order valence-corrected chi connectivity index (χ4v) is 3.54. The van der Waals surface area contributed by atoms with Crippen LogP contribution in [0.5, 0.6) is 0 Å². The SMILES string of the molecule is C[C@H]1C(=O)COCN1C(=O)OCC1c2ccccc2-c2ccccc21. The lowest BCUT2D eigenvalue weighted by molar-refractivity contribution is -0.139. The van der Waals surface area contributed by atoms with Gasteiger partial charge in [-0.2, -0.15) is 0 Å². The topological polar surface area (TPSA) is 55.8 Å². The molecule has 1 fully saturated rings. The van der Waals surface area contributed by atoms with Crippen molar-refractivity contribution in [1.82, 2.24) is 4.90 Å². The van der Waals surface area contributed by atoms with E-state index >= 15 is 0 Å². The summed E-state index contributed by atoms with van der Waals surface area (Å²) in [7, 11) is 0. The molecule has 1 heterocycles. The van der Waals surface area contributed by atoms with Gasteiger partial charge in [0.2, 0.25) is 0 Å². The van der Waals surface area contributed by atoms with Crippen LogP contribution in [-0.2, 0) is 14.3 Å². The van der Waals surface area contributed by atoms with Crippen molar-refractivity contribution in [1.29, 1.82) is 0 Å². The molecule has 2 aromatic carbocycles. The van der Waals surface area contributed by atoms with Crippen LogP contribution in [0.2, 0.25) is 0 Å². The minimum absolute atomic E-state index is 0.00747. The molecule has 2 aliphatic rings. The van der Waals surface area contributed by atoms with E-state index in [-0.39, 0.29) is 31.6 Å². The number of nitrogens with zero attached hydrogens (tertiary/aromatic N) is 1. The summed E-state index contributed by atoms with van der Waals surface area (Å²) in [5.74, 6) is -0.104. The van der Waals surface area contributed by atoms with Crippen LogP contribution in [0.3, 0.4) is 0 Å². The van der Waals surface area contributed by atoms with E-state index in [1.54, 1.807) is 6.92 Å². The van der Waals surface area contributed by atoms with Gasteiger partial charge in [0.25, 0.3) is 0 Å². The molecule has 0 saturated carbocycles. The molecule has 5 heteroatoms. The van der Waals surface area contributed by atoms with E-state index in [1.165, 1.54) is 16.0 Å². The monoisotopic (exact) mass is 337 g/mol. The fraction of sp³-hybridized carbons (Fsp3) is 0.300. The van der Waals surface area contributed by atoms with E-state index in [0.29, 0.717) is 0 Å². The number of benzene rings is 2. The predicted molar refractivity (Wildman–Crippen MR) is 92.2 cm³/mol. The van der Waals surface area contributed by atoms with Crippen LogP contribution in [0, 0.1) is 0 Å². The number of amides is 1. The number of carbonyl (C=O) groups is 2. The number of fused-ring (bicyclic) bond motifs is 3. The first-order valence-corrected chi connectivity index (χ1v) is 8.39. The summed E-state index contributed by atoms with van der Waals surface area (Å²) in [6.07, 6.45) is -0.512. The Labute approximate surface area is 146 Å². The number of rotatable bonds is 2. The maximum atomic E-state index is 12.4. The van der Waals surface area contributed by atoms with Gasteiger partial charge < -0.3 is 9.47 Å².